The molecule has 14 heavy (non-hydrogen) atoms. The largest absolute Gasteiger partial charge is 1.00 e. The molecule has 0 saturated carbocycles. The summed E-state index contributed by atoms with van der Waals surface area (Å²) in [6.45, 7) is 9.38. The van der Waals surface area contributed by atoms with Crippen LogP contribution in [0.3, 0.4) is 0 Å². The predicted molar refractivity (Wildman–Crippen MR) is 57.7 cm³/mol. The van der Waals surface area contributed by atoms with E-state index in [1.807, 2.05) is 6.08 Å². The number of quaternary nitrogens is 1. The Labute approximate surface area is 98.6 Å². The van der Waals surface area contributed by atoms with Gasteiger partial charge in [0.2, 0.25) is 0 Å². The third-order valence-corrected chi connectivity index (χ3v) is 3.13. The summed E-state index contributed by atoms with van der Waals surface area (Å²) in [6.07, 6.45) is 2.16. The highest BCUT2D eigenvalue weighted by atomic mass is 35.5. The second-order valence-electron chi connectivity index (χ2n) is 3.79. The summed E-state index contributed by atoms with van der Waals surface area (Å²) in [5.74, 6) is 0. The Hall–Kier alpha value is 0.240. The van der Waals surface area contributed by atoms with E-state index in [2.05, 4.69) is 20.6 Å². The van der Waals surface area contributed by atoms with Gasteiger partial charge in [0.25, 0.3) is 0 Å². The van der Waals surface area contributed by atoms with E-state index in [1.54, 1.807) is 6.92 Å². The first-order valence-corrected chi connectivity index (χ1v) is 5.17. The van der Waals surface area contributed by atoms with E-state index < -0.39 is 0 Å². The summed E-state index contributed by atoms with van der Waals surface area (Å²) in [6, 6.07) is 0. The molecule has 86 valence electrons. The Bertz CT molecular complexity index is 164. The highest BCUT2D eigenvalue weighted by Gasteiger charge is 2.28. The molecule has 0 radical (unpaired) electrons. The average molecular weight is 242 g/mol. The van der Waals surface area contributed by atoms with Crippen LogP contribution in [0.4, 0.5) is 0 Å². The van der Waals surface area contributed by atoms with E-state index in [4.69, 9.17) is 11.6 Å². The van der Waals surface area contributed by atoms with Crippen LogP contribution in [0.1, 0.15) is 20.3 Å². The van der Waals surface area contributed by atoms with Gasteiger partial charge in [-0.2, -0.15) is 0 Å². The lowest BCUT2D eigenvalue weighted by Gasteiger charge is -2.37. The Morgan fingerprint density at radius 2 is 2.07 bits per heavy atom. The summed E-state index contributed by atoms with van der Waals surface area (Å²) in [5, 5.41) is 9.23. The zero-order chi connectivity index (χ0) is 10.5. The number of hydrogen-bond donors (Lipinski definition) is 1. The molecule has 0 aromatic rings. The van der Waals surface area contributed by atoms with Gasteiger partial charge in [0.1, 0.15) is 0 Å². The molecule has 0 aliphatic carbocycles. The van der Waals surface area contributed by atoms with E-state index in [0.29, 0.717) is 6.42 Å². The van der Waals surface area contributed by atoms with Gasteiger partial charge in [0.05, 0.1) is 26.2 Å². The van der Waals surface area contributed by atoms with Gasteiger partial charge in [-0.3, -0.25) is 0 Å². The average Bonchev–Trinajstić information content (AvgIpc) is 2.03. The number of hydrogen-bond acceptors (Lipinski definition) is 1. The van der Waals surface area contributed by atoms with E-state index in [9.17, 15) is 5.11 Å². The fourth-order valence-corrected chi connectivity index (χ4v) is 1.75. The van der Waals surface area contributed by atoms with Crippen LogP contribution in [0, 0.1) is 0 Å². The molecule has 0 aromatic heterocycles. The van der Waals surface area contributed by atoms with Crippen LogP contribution < -0.4 is 12.4 Å². The third-order valence-electron chi connectivity index (χ3n) is 2.48. The molecule has 0 aliphatic heterocycles. The molecule has 0 rings (SSSR count). The summed E-state index contributed by atoms with van der Waals surface area (Å²) >= 11 is 6.23. The number of likely N-dealkylation sites (N-methyl/N-ethyl adjacent to an activating group) is 1. The summed E-state index contributed by atoms with van der Waals surface area (Å²) in [4.78, 5) is 0. The quantitative estimate of drug-likeness (QED) is 0.273. The molecule has 0 heterocycles. The highest BCUT2D eigenvalue weighted by molar-refractivity contribution is 6.19. The Balaban J connectivity index is 0. The minimum absolute atomic E-state index is 0. The van der Waals surface area contributed by atoms with Gasteiger partial charge in [-0.1, -0.05) is 18.2 Å². The maximum Gasteiger partial charge on any atom is 0.167 e. The number of alkyl halides is 1. The number of aliphatic hydroxyl groups is 1. The van der Waals surface area contributed by atoms with Crippen LogP contribution in [0.5, 0.6) is 0 Å². The van der Waals surface area contributed by atoms with E-state index in [1.165, 1.54) is 0 Å². The lowest BCUT2D eigenvalue weighted by atomic mass is 10.2. The third kappa shape index (κ3) is 5.20. The molecule has 0 aromatic carbocycles. The topological polar surface area (TPSA) is 20.2 Å². The van der Waals surface area contributed by atoms with Crippen molar-refractivity contribution in [3.63, 3.8) is 0 Å². The van der Waals surface area contributed by atoms with Gasteiger partial charge in [0.15, 0.2) is 5.50 Å². The van der Waals surface area contributed by atoms with Crippen molar-refractivity contribution < 1.29 is 22.0 Å². The fourth-order valence-electron chi connectivity index (χ4n) is 1.27. The standard InChI is InChI=1S/C10H21ClNO.ClH/c1-5-7-12(4,6-2)10(11)8-9(3)13;/h5,9-10,13H,1,6-8H2,2-4H3;1H/q+1;/p-1. The van der Waals surface area contributed by atoms with Gasteiger partial charge in [0, 0.05) is 6.42 Å². The lowest BCUT2D eigenvalue weighted by molar-refractivity contribution is -0.914. The summed E-state index contributed by atoms with van der Waals surface area (Å²) < 4.78 is 0.732. The highest BCUT2D eigenvalue weighted by Crippen LogP contribution is 2.19. The number of rotatable bonds is 6. The Morgan fingerprint density at radius 1 is 1.57 bits per heavy atom. The second kappa shape index (κ2) is 7.52. The first kappa shape index (κ1) is 16.7. The van der Waals surface area contributed by atoms with Crippen molar-refractivity contribution in [2.45, 2.75) is 31.9 Å². The zero-order valence-electron chi connectivity index (χ0n) is 9.21. The molecule has 0 aliphatic rings. The van der Waals surface area contributed by atoms with Crippen LogP contribution in [-0.4, -0.2) is 41.3 Å². The fraction of sp³-hybridized carbons (Fsp3) is 0.800. The van der Waals surface area contributed by atoms with Crippen molar-refractivity contribution in [2.75, 3.05) is 20.1 Å². The molecule has 0 fully saturated rings. The van der Waals surface area contributed by atoms with E-state index in [0.717, 1.165) is 17.6 Å². The minimum atomic E-state index is -0.337. The van der Waals surface area contributed by atoms with Gasteiger partial charge in [-0.25, -0.2) is 0 Å². The summed E-state index contributed by atoms with van der Waals surface area (Å²) in [5.41, 5.74) is -0.0389. The monoisotopic (exact) mass is 241 g/mol. The van der Waals surface area contributed by atoms with Gasteiger partial charge < -0.3 is 22.0 Å². The first-order valence-electron chi connectivity index (χ1n) is 4.73. The maximum atomic E-state index is 9.23. The van der Waals surface area contributed by atoms with Crippen molar-refractivity contribution >= 4 is 11.6 Å². The Morgan fingerprint density at radius 3 is 2.36 bits per heavy atom. The van der Waals surface area contributed by atoms with Crippen molar-refractivity contribution in [2.24, 2.45) is 0 Å². The van der Waals surface area contributed by atoms with Gasteiger partial charge in [-0.15, -0.1) is 0 Å². The molecule has 0 spiro atoms. The molecule has 4 heteroatoms. The normalized spacial score (nSPS) is 18.9. The Kier molecular flexibility index (Phi) is 8.95. The van der Waals surface area contributed by atoms with Crippen LogP contribution in [-0.2, 0) is 0 Å². The summed E-state index contributed by atoms with van der Waals surface area (Å²) in [7, 11) is 2.09. The molecule has 0 amide bonds. The SMILES string of the molecule is C=CC[N+](C)(CC)C(Cl)CC(C)O.[Cl-]. The first-order chi connectivity index (χ1) is 5.96. The van der Waals surface area contributed by atoms with Crippen molar-refractivity contribution in [1.82, 2.24) is 0 Å². The van der Waals surface area contributed by atoms with Crippen LogP contribution >= 0.6 is 11.6 Å². The zero-order valence-corrected chi connectivity index (χ0v) is 10.7. The number of aliphatic hydroxyl groups excluding tert-OH is 1. The van der Waals surface area contributed by atoms with E-state index in [-0.39, 0.29) is 24.0 Å². The molecule has 1 N–H and O–H groups in total. The molecular formula is C10H21Cl2NO. The van der Waals surface area contributed by atoms with Crippen molar-refractivity contribution in [3.05, 3.63) is 12.7 Å². The smallest absolute Gasteiger partial charge is 0.167 e. The molecule has 3 unspecified atom stereocenters. The molecule has 2 nitrogen and oxygen atoms in total. The predicted octanol–water partition coefficient (Wildman–Crippen LogP) is -1.02. The van der Waals surface area contributed by atoms with Crippen molar-refractivity contribution in [3.8, 4) is 0 Å². The van der Waals surface area contributed by atoms with Gasteiger partial charge >= 0.3 is 0 Å². The molecule has 0 bridgehead atoms. The van der Waals surface area contributed by atoms with E-state index >= 15 is 0 Å². The lowest BCUT2D eigenvalue weighted by Crippen LogP contribution is -3.00. The van der Waals surface area contributed by atoms with Crippen molar-refractivity contribution in [1.29, 1.82) is 0 Å². The number of nitrogens with zero attached hydrogens (tertiary/aromatic N) is 1. The van der Waals surface area contributed by atoms with Gasteiger partial charge in [-0.05, 0) is 19.9 Å². The van der Waals surface area contributed by atoms with Crippen LogP contribution in [0.15, 0.2) is 12.7 Å². The van der Waals surface area contributed by atoms with Crippen LogP contribution in [0.2, 0.25) is 0 Å². The minimum Gasteiger partial charge on any atom is -1.00 e. The van der Waals surface area contributed by atoms with Crippen LogP contribution in [0.25, 0.3) is 0 Å². The second-order valence-corrected chi connectivity index (χ2v) is 4.29. The molecule has 0 saturated heterocycles. The molecule has 3 atom stereocenters. The molecular weight excluding hydrogens is 221 g/mol. The number of halogens is 2. The maximum absolute atomic E-state index is 9.23.